The lowest BCUT2D eigenvalue weighted by Crippen LogP contribution is -2.26. The van der Waals surface area contributed by atoms with Gasteiger partial charge in [-0.2, -0.15) is 0 Å². The highest BCUT2D eigenvalue weighted by Gasteiger charge is 2.21. The van der Waals surface area contributed by atoms with Crippen LogP contribution in [-0.2, 0) is 0 Å². The number of nitrogens with zero attached hydrogens (tertiary/aromatic N) is 1. The van der Waals surface area contributed by atoms with Gasteiger partial charge in [-0.3, -0.25) is 0 Å². The molecule has 1 aliphatic heterocycles. The van der Waals surface area contributed by atoms with Gasteiger partial charge in [-0.15, -0.1) is 0 Å². The molecule has 1 N–H and O–H groups in total. The van der Waals surface area contributed by atoms with Gasteiger partial charge in [-0.25, -0.2) is 0 Å². The first-order chi connectivity index (χ1) is 7.84. The second kappa shape index (κ2) is 3.91. The van der Waals surface area contributed by atoms with Gasteiger partial charge in [0.1, 0.15) is 0 Å². The number of aryl methyl sites for hydroxylation is 1. The van der Waals surface area contributed by atoms with E-state index in [-0.39, 0.29) is 0 Å². The van der Waals surface area contributed by atoms with Crippen molar-refractivity contribution in [2.45, 2.75) is 25.7 Å². The molecular weight excluding hydrogens is 200 g/mol. The standard InChI is InChI=1S/C13H16N2O/c1-9-2-3-12-11(8-9)13(15-16-12)10-4-6-14-7-5-10/h2-3,8,10,14H,4-7H2,1H3. The number of piperidine rings is 1. The first-order valence-corrected chi connectivity index (χ1v) is 5.91. The van der Waals surface area contributed by atoms with Gasteiger partial charge in [0.05, 0.1) is 5.69 Å². The molecule has 0 aliphatic carbocycles. The van der Waals surface area contributed by atoms with Gasteiger partial charge < -0.3 is 9.84 Å². The smallest absolute Gasteiger partial charge is 0.167 e. The average Bonchev–Trinajstić information content (AvgIpc) is 2.73. The van der Waals surface area contributed by atoms with Crippen LogP contribution in [0.1, 0.15) is 30.0 Å². The summed E-state index contributed by atoms with van der Waals surface area (Å²) in [5.74, 6) is 0.560. The fraction of sp³-hybridized carbons (Fsp3) is 0.462. The molecule has 2 heterocycles. The van der Waals surface area contributed by atoms with Crippen LogP contribution in [0.25, 0.3) is 11.0 Å². The normalized spacial score (nSPS) is 18.1. The van der Waals surface area contributed by atoms with Crippen molar-refractivity contribution in [3.63, 3.8) is 0 Å². The summed E-state index contributed by atoms with van der Waals surface area (Å²) in [6.07, 6.45) is 2.32. The van der Waals surface area contributed by atoms with Gasteiger partial charge in [0.2, 0.25) is 0 Å². The Labute approximate surface area is 94.8 Å². The molecule has 0 unspecified atom stereocenters. The summed E-state index contributed by atoms with van der Waals surface area (Å²) < 4.78 is 5.39. The summed E-state index contributed by atoms with van der Waals surface area (Å²) in [6, 6.07) is 6.27. The molecule has 1 aromatic heterocycles. The molecule has 16 heavy (non-hydrogen) atoms. The summed E-state index contributed by atoms with van der Waals surface area (Å²) in [4.78, 5) is 0. The fourth-order valence-electron chi connectivity index (χ4n) is 2.46. The monoisotopic (exact) mass is 216 g/mol. The summed E-state index contributed by atoms with van der Waals surface area (Å²) in [7, 11) is 0. The minimum Gasteiger partial charge on any atom is -0.356 e. The highest BCUT2D eigenvalue weighted by molar-refractivity contribution is 5.80. The van der Waals surface area contributed by atoms with Crippen molar-refractivity contribution >= 4 is 11.0 Å². The first kappa shape index (κ1) is 9.85. The summed E-state index contributed by atoms with van der Waals surface area (Å²) in [5.41, 5.74) is 3.34. The molecule has 84 valence electrons. The molecule has 2 aromatic rings. The second-order valence-corrected chi connectivity index (χ2v) is 4.59. The molecule has 3 nitrogen and oxygen atoms in total. The van der Waals surface area contributed by atoms with Crippen LogP contribution in [0.3, 0.4) is 0 Å². The van der Waals surface area contributed by atoms with E-state index in [9.17, 15) is 0 Å². The Morgan fingerprint density at radius 3 is 2.94 bits per heavy atom. The number of benzene rings is 1. The zero-order valence-electron chi connectivity index (χ0n) is 9.49. The SMILES string of the molecule is Cc1ccc2onc(C3CCNCC3)c2c1. The van der Waals surface area contributed by atoms with Crippen LogP contribution in [0.2, 0.25) is 0 Å². The second-order valence-electron chi connectivity index (χ2n) is 4.59. The van der Waals surface area contributed by atoms with Gasteiger partial charge in [0.25, 0.3) is 0 Å². The van der Waals surface area contributed by atoms with Crippen molar-refractivity contribution in [3.8, 4) is 0 Å². The number of fused-ring (bicyclic) bond motifs is 1. The van der Waals surface area contributed by atoms with Crippen LogP contribution in [0.15, 0.2) is 22.7 Å². The van der Waals surface area contributed by atoms with Crippen LogP contribution in [0.5, 0.6) is 0 Å². The molecule has 1 fully saturated rings. The Hall–Kier alpha value is -1.35. The lowest BCUT2D eigenvalue weighted by molar-refractivity contribution is 0.404. The van der Waals surface area contributed by atoms with Gasteiger partial charge in [0.15, 0.2) is 5.58 Å². The minimum atomic E-state index is 0.560. The minimum absolute atomic E-state index is 0.560. The molecule has 1 saturated heterocycles. The van der Waals surface area contributed by atoms with Crippen molar-refractivity contribution in [1.29, 1.82) is 0 Å². The quantitative estimate of drug-likeness (QED) is 0.796. The number of aromatic nitrogens is 1. The van der Waals surface area contributed by atoms with Gasteiger partial charge in [0, 0.05) is 11.3 Å². The highest BCUT2D eigenvalue weighted by Crippen LogP contribution is 2.31. The largest absolute Gasteiger partial charge is 0.356 e. The molecule has 0 radical (unpaired) electrons. The molecule has 3 heteroatoms. The van der Waals surface area contributed by atoms with Crippen molar-refractivity contribution < 1.29 is 4.52 Å². The number of hydrogen-bond acceptors (Lipinski definition) is 3. The van der Waals surface area contributed by atoms with E-state index in [2.05, 4.69) is 29.5 Å². The van der Waals surface area contributed by atoms with Crippen LogP contribution >= 0.6 is 0 Å². The van der Waals surface area contributed by atoms with Gasteiger partial charge in [-0.1, -0.05) is 16.8 Å². The Kier molecular flexibility index (Phi) is 2.40. The van der Waals surface area contributed by atoms with Crippen LogP contribution in [-0.4, -0.2) is 18.2 Å². The molecule has 0 saturated carbocycles. The van der Waals surface area contributed by atoms with E-state index >= 15 is 0 Å². The lowest BCUT2D eigenvalue weighted by atomic mass is 9.92. The van der Waals surface area contributed by atoms with Crippen LogP contribution in [0.4, 0.5) is 0 Å². The molecule has 3 rings (SSSR count). The van der Waals surface area contributed by atoms with E-state index in [4.69, 9.17) is 4.52 Å². The first-order valence-electron chi connectivity index (χ1n) is 5.91. The lowest BCUT2D eigenvalue weighted by Gasteiger charge is -2.20. The maximum Gasteiger partial charge on any atom is 0.167 e. The fourth-order valence-corrected chi connectivity index (χ4v) is 2.46. The molecule has 1 aromatic carbocycles. The van der Waals surface area contributed by atoms with E-state index in [1.807, 2.05) is 6.07 Å². The van der Waals surface area contributed by atoms with E-state index in [1.54, 1.807) is 0 Å². The van der Waals surface area contributed by atoms with E-state index in [0.29, 0.717) is 5.92 Å². The van der Waals surface area contributed by atoms with E-state index < -0.39 is 0 Å². The molecule has 0 bridgehead atoms. The average molecular weight is 216 g/mol. The molecule has 0 atom stereocenters. The third-order valence-corrected chi connectivity index (χ3v) is 3.38. The number of rotatable bonds is 1. The number of hydrogen-bond donors (Lipinski definition) is 1. The van der Waals surface area contributed by atoms with Crippen LogP contribution < -0.4 is 5.32 Å². The van der Waals surface area contributed by atoms with E-state index in [1.165, 1.54) is 10.9 Å². The van der Waals surface area contributed by atoms with Crippen molar-refractivity contribution in [1.82, 2.24) is 10.5 Å². The summed E-state index contributed by atoms with van der Waals surface area (Å²) >= 11 is 0. The maximum atomic E-state index is 5.39. The Morgan fingerprint density at radius 1 is 1.31 bits per heavy atom. The summed E-state index contributed by atoms with van der Waals surface area (Å²) in [6.45, 7) is 4.29. The van der Waals surface area contributed by atoms with Gasteiger partial charge in [-0.05, 0) is 45.0 Å². The summed E-state index contributed by atoms with van der Waals surface area (Å²) in [5, 5.41) is 8.84. The van der Waals surface area contributed by atoms with Crippen molar-refractivity contribution in [2.24, 2.45) is 0 Å². The van der Waals surface area contributed by atoms with Crippen molar-refractivity contribution in [3.05, 3.63) is 29.5 Å². The molecule has 1 aliphatic rings. The Balaban J connectivity index is 2.05. The van der Waals surface area contributed by atoms with E-state index in [0.717, 1.165) is 37.2 Å². The highest BCUT2D eigenvalue weighted by atomic mass is 16.5. The third kappa shape index (κ3) is 1.61. The topological polar surface area (TPSA) is 38.1 Å². The van der Waals surface area contributed by atoms with Gasteiger partial charge >= 0.3 is 0 Å². The Bertz CT molecular complexity index is 498. The van der Waals surface area contributed by atoms with Crippen LogP contribution in [0, 0.1) is 6.92 Å². The predicted molar refractivity (Wildman–Crippen MR) is 63.6 cm³/mol. The molecular formula is C13H16N2O. The molecule has 0 spiro atoms. The zero-order chi connectivity index (χ0) is 11.0. The third-order valence-electron chi connectivity index (χ3n) is 3.38. The molecule has 0 amide bonds. The predicted octanol–water partition coefficient (Wildman–Crippen LogP) is 2.60. The van der Waals surface area contributed by atoms with Crippen molar-refractivity contribution in [2.75, 3.05) is 13.1 Å². The Morgan fingerprint density at radius 2 is 2.12 bits per heavy atom. The number of nitrogens with one attached hydrogen (secondary N) is 1. The maximum absolute atomic E-state index is 5.39. The zero-order valence-corrected chi connectivity index (χ0v) is 9.49.